The molecule has 4 aliphatic rings. The third-order valence-corrected chi connectivity index (χ3v) is 21.2. The van der Waals surface area contributed by atoms with E-state index < -0.39 is 0 Å². The first kappa shape index (κ1) is 69.9. The Balaban J connectivity index is 0.000000121. The van der Waals surface area contributed by atoms with Crippen molar-refractivity contribution in [2.45, 2.75) is 153 Å². The summed E-state index contributed by atoms with van der Waals surface area (Å²) in [6.07, 6.45) is 25.8. The van der Waals surface area contributed by atoms with Gasteiger partial charge in [0.25, 0.3) is 0 Å². The van der Waals surface area contributed by atoms with Crippen LogP contribution in [0.2, 0.25) is 0 Å². The van der Waals surface area contributed by atoms with Gasteiger partial charge >= 0.3 is 0 Å². The lowest BCUT2D eigenvalue weighted by molar-refractivity contribution is 0.232. The largest absolute Gasteiger partial charge is 0.392 e. The quantitative estimate of drug-likeness (QED) is 0.153. The molecule has 12 heteroatoms. The van der Waals surface area contributed by atoms with Crippen molar-refractivity contribution >= 4 is 90.7 Å². The molecule has 4 aromatic carbocycles. The average Bonchev–Trinajstić information content (AvgIpc) is 1.59. The van der Waals surface area contributed by atoms with Crippen LogP contribution in [0, 0.1) is 41.5 Å². The van der Waals surface area contributed by atoms with Gasteiger partial charge in [-0.2, -0.15) is 0 Å². The van der Waals surface area contributed by atoms with Crippen LogP contribution in [0.5, 0.6) is 0 Å². The van der Waals surface area contributed by atoms with Gasteiger partial charge in [0.1, 0.15) is 0 Å². The minimum absolute atomic E-state index is 0.0790. The number of aromatic nitrogens is 8. The minimum Gasteiger partial charge on any atom is -0.392 e. The highest BCUT2D eigenvalue weighted by Crippen LogP contribution is 2.42. The maximum absolute atomic E-state index is 9.54. The monoisotopic (exact) mass is 1340 g/mol. The van der Waals surface area contributed by atoms with Crippen LogP contribution in [0.1, 0.15) is 161 Å². The second-order valence-corrected chi connectivity index (χ2v) is 29.9. The molecule has 3 aliphatic heterocycles. The second-order valence-electron chi connectivity index (χ2n) is 29.9. The van der Waals surface area contributed by atoms with E-state index in [1.165, 1.54) is 164 Å². The molecule has 0 saturated heterocycles. The van der Waals surface area contributed by atoms with Crippen LogP contribution in [0.4, 0.5) is 0 Å². The number of nitrogens with zero attached hydrogens (tertiary/aromatic N) is 11. The molecule has 0 atom stereocenters. The molecule has 1 N–H and O–H groups in total. The standard InChI is InChI=1S/C24H29N3.C22H25N3O.C22H24N2.C21H23N3/c1-16-7-10-22-20(11-16)21-14-26(6)15-24(4,5)23(21)27(22)13-17(2)19-9-8-18(3)25-12-19;1-15(18-6-4-16(2)23-11-18)12-25-21-7-5-17(14-26)10-19(21)20-13-24(3)9-8-22(20)25;1-15-8-11-22-20(12-15)19-6-4-5-7-21(19)24(22)14-16(2)18-10-9-17(3)23-13-18;1-15-4-5-20-18(12-15)19-14-23(3)11-8-21(19)24(20)13-16(2)17-6-9-22-10-7-17/h7-13H,14-15H2,1-6H3;4-7,10-12,26H,8-9,13-14H2,1-3H3;8-14H,4-7H2,1-3H3;4-7,9-10,12-13H,8,11,14H2,1-3H3/b17-13+;15-12+;16-14+;16-13+. The molecule has 0 fully saturated rings. The Labute approximate surface area is 598 Å². The van der Waals surface area contributed by atoms with E-state index in [0.717, 1.165) is 80.3 Å². The maximum Gasteiger partial charge on any atom is 0.0682 e. The number of aliphatic hydroxyl groups excluding tert-OH is 1. The van der Waals surface area contributed by atoms with Gasteiger partial charge in [0, 0.05) is 175 Å². The zero-order chi connectivity index (χ0) is 71.0. The highest BCUT2D eigenvalue weighted by molar-refractivity contribution is 5.94. The number of likely N-dealkylation sites (N-methyl/N-ethyl adjacent to an activating group) is 3. The molecule has 101 heavy (non-hydrogen) atoms. The molecule has 8 aromatic heterocycles. The Morgan fingerprint density at radius 3 is 1.26 bits per heavy atom. The third-order valence-electron chi connectivity index (χ3n) is 21.2. The summed E-state index contributed by atoms with van der Waals surface area (Å²) < 4.78 is 9.62. The Morgan fingerprint density at radius 1 is 0.416 bits per heavy atom. The zero-order valence-corrected chi connectivity index (χ0v) is 62.3. The van der Waals surface area contributed by atoms with Gasteiger partial charge in [-0.1, -0.05) is 73.0 Å². The lowest BCUT2D eigenvalue weighted by Gasteiger charge is -2.37. The van der Waals surface area contributed by atoms with Gasteiger partial charge in [0.15, 0.2) is 0 Å². The van der Waals surface area contributed by atoms with E-state index in [0.29, 0.717) is 0 Å². The lowest BCUT2D eigenvalue weighted by Crippen LogP contribution is -2.40. The Morgan fingerprint density at radius 2 is 0.802 bits per heavy atom. The molecule has 0 bridgehead atoms. The first-order valence-corrected chi connectivity index (χ1v) is 36.2. The number of fused-ring (bicyclic) bond motifs is 12. The van der Waals surface area contributed by atoms with Gasteiger partial charge < -0.3 is 38.1 Å². The number of allylic oxidation sites excluding steroid dienone is 4. The highest BCUT2D eigenvalue weighted by atomic mass is 16.3. The van der Waals surface area contributed by atoms with Crippen LogP contribution in [0.15, 0.2) is 152 Å². The molecule has 12 aromatic rings. The van der Waals surface area contributed by atoms with Gasteiger partial charge in [-0.05, 0) is 267 Å². The van der Waals surface area contributed by atoms with E-state index >= 15 is 0 Å². The first-order chi connectivity index (χ1) is 48.6. The van der Waals surface area contributed by atoms with E-state index in [1.54, 1.807) is 5.56 Å². The number of rotatable bonds is 9. The molecule has 0 saturated carbocycles. The van der Waals surface area contributed by atoms with Crippen molar-refractivity contribution < 1.29 is 5.11 Å². The number of aliphatic hydroxyl groups is 1. The molecule has 0 radical (unpaired) electrons. The van der Waals surface area contributed by atoms with Crippen LogP contribution in [-0.2, 0) is 57.3 Å². The fourth-order valence-electron chi connectivity index (χ4n) is 15.8. The van der Waals surface area contributed by atoms with Crippen molar-refractivity contribution in [3.05, 3.63) is 259 Å². The first-order valence-electron chi connectivity index (χ1n) is 36.2. The number of pyridine rings is 4. The molecule has 1 aliphatic carbocycles. The fraction of sp³-hybridized carbons (Fsp3) is 0.326. The molecule has 0 spiro atoms. The van der Waals surface area contributed by atoms with Gasteiger partial charge in [-0.15, -0.1) is 0 Å². The van der Waals surface area contributed by atoms with Crippen LogP contribution in [0.25, 0.3) is 90.7 Å². The SMILES string of the molecule is C/C(=C\n1c2c(c3cc(C)ccc31)CCCC2)c1ccc(C)nc1.C/C(=C\n1c2c(c3cc(C)ccc31)CN(C)CC2(C)C)c1ccc(C)nc1.C/C(=C\n1c2c(c3cc(C)ccc31)CN(C)CC2)c1ccncc1.C/C(=C\n1c2c(c3cc(CO)ccc31)CN(C)CC2)c1ccc(C)nc1. The minimum atomic E-state index is 0.0790. The molecule has 11 heterocycles. The third kappa shape index (κ3) is 14.8. The zero-order valence-electron chi connectivity index (χ0n) is 62.3. The van der Waals surface area contributed by atoms with Gasteiger partial charge in [0.05, 0.1) is 28.7 Å². The number of hydrogen-bond donors (Lipinski definition) is 1. The predicted molar refractivity (Wildman–Crippen MR) is 424 cm³/mol. The summed E-state index contributed by atoms with van der Waals surface area (Å²) in [6, 6.07) is 43.6. The van der Waals surface area contributed by atoms with Gasteiger partial charge in [-0.25, -0.2) is 0 Å². The second kappa shape index (κ2) is 29.6. The molecule has 518 valence electrons. The van der Waals surface area contributed by atoms with Crippen molar-refractivity contribution in [2.24, 2.45) is 0 Å². The summed E-state index contributed by atoms with van der Waals surface area (Å²) >= 11 is 0. The van der Waals surface area contributed by atoms with E-state index in [-0.39, 0.29) is 12.0 Å². The van der Waals surface area contributed by atoms with Crippen LogP contribution >= 0.6 is 0 Å². The summed E-state index contributed by atoms with van der Waals surface area (Å²) in [5, 5.41) is 15.0. The van der Waals surface area contributed by atoms with Gasteiger partial charge in [0.2, 0.25) is 0 Å². The Bertz CT molecular complexity index is 5160. The Hall–Kier alpha value is -9.56. The summed E-state index contributed by atoms with van der Waals surface area (Å²) in [5.74, 6) is 0. The predicted octanol–water partition coefficient (Wildman–Crippen LogP) is 19.1. The summed E-state index contributed by atoms with van der Waals surface area (Å²) in [6.45, 7) is 32.3. The average molecular weight is 1340 g/mol. The van der Waals surface area contributed by atoms with Crippen molar-refractivity contribution in [2.75, 3.05) is 40.8 Å². The molecular weight excluding hydrogens is 1240 g/mol. The van der Waals surface area contributed by atoms with Crippen molar-refractivity contribution in [3.8, 4) is 0 Å². The van der Waals surface area contributed by atoms with E-state index in [1.807, 2.05) is 57.8 Å². The molecule has 0 amide bonds. The summed E-state index contributed by atoms with van der Waals surface area (Å²) in [5.41, 5.74) is 34.7. The highest BCUT2D eigenvalue weighted by Gasteiger charge is 2.36. The van der Waals surface area contributed by atoms with Crippen molar-refractivity contribution in [1.29, 1.82) is 0 Å². The number of hydrogen-bond acceptors (Lipinski definition) is 8. The van der Waals surface area contributed by atoms with Gasteiger partial charge in [-0.3, -0.25) is 19.9 Å². The topological polar surface area (TPSA) is 101 Å². The Kier molecular flexibility index (Phi) is 20.5. The van der Waals surface area contributed by atoms with Crippen LogP contribution in [0.3, 0.4) is 0 Å². The number of benzene rings is 4. The molecule has 0 unspecified atom stereocenters. The van der Waals surface area contributed by atoms with Crippen molar-refractivity contribution in [1.82, 2.24) is 52.9 Å². The fourth-order valence-corrected chi connectivity index (χ4v) is 15.8. The van der Waals surface area contributed by atoms with Crippen LogP contribution < -0.4 is 0 Å². The smallest absolute Gasteiger partial charge is 0.0682 e. The van der Waals surface area contributed by atoms with E-state index in [9.17, 15) is 5.11 Å². The summed E-state index contributed by atoms with van der Waals surface area (Å²) in [4.78, 5) is 24.7. The van der Waals surface area contributed by atoms with Crippen molar-refractivity contribution in [3.63, 3.8) is 0 Å². The van der Waals surface area contributed by atoms with Crippen LogP contribution in [-0.4, -0.2) is 98.8 Å². The van der Waals surface area contributed by atoms with E-state index in [4.69, 9.17) is 0 Å². The summed E-state index contributed by atoms with van der Waals surface area (Å²) in [7, 11) is 6.60. The molecular formula is C89H101N11O. The van der Waals surface area contributed by atoms with E-state index in [2.05, 4.69) is 276 Å². The normalized spacial score (nSPS) is 15.9. The number of aryl methyl sites for hydroxylation is 7. The lowest BCUT2D eigenvalue weighted by atomic mass is 9.82. The maximum atomic E-state index is 9.54. The molecule has 16 rings (SSSR count). The molecule has 12 nitrogen and oxygen atoms in total.